The van der Waals surface area contributed by atoms with Gasteiger partial charge in [0.25, 0.3) is 0 Å². The van der Waals surface area contributed by atoms with E-state index in [9.17, 15) is 0 Å². The molecule has 0 unspecified atom stereocenters. The Labute approximate surface area is 111 Å². The number of rotatable bonds is 0. The second kappa shape index (κ2) is 174. The quantitative estimate of drug-likeness (QED) is 0.232. The van der Waals surface area contributed by atoms with E-state index in [1.54, 1.807) is 0 Å². The minimum atomic E-state index is 0. The van der Waals surface area contributed by atoms with Crippen LogP contribution in [0.3, 0.4) is 0 Å². The summed E-state index contributed by atoms with van der Waals surface area (Å²) in [5.74, 6) is 0. The van der Waals surface area contributed by atoms with Gasteiger partial charge in [0.15, 0.2) is 0 Å². The Balaban J connectivity index is -0.0000000145. The van der Waals surface area contributed by atoms with Crippen LogP contribution in [0.2, 0.25) is 0 Å². The summed E-state index contributed by atoms with van der Waals surface area (Å²) in [6.45, 7) is 0. The maximum absolute atomic E-state index is 6.75. The SMILES string of the molecule is [N-]=[N+]=[N-].[N-]=[N+]=[N-].[N-]=[N+]=[N-].[N-]=[N+]=[N-].[TeH2+2].[TeH2+2]. The van der Waals surface area contributed by atoms with Gasteiger partial charge in [0.2, 0.25) is 0 Å². The van der Waals surface area contributed by atoms with Crippen molar-refractivity contribution < 1.29 is 0 Å². The molecule has 0 rings (SSSR count). The van der Waals surface area contributed by atoms with Crippen molar-refractivity contribution in [2.24, 2.45) is 0 Å². The van der Waals surface area contributed by atoms with Crippen LogP contribution in [-0.2, 0) is 0 Å². The summed E-state index contributed by atoms with van der Waals surface area (Å²) in [6, 6.07) is 0. The molecule has 4 radical (unpaired) electrons. The van der Waals surface area contributed by atoms with Crippen molar-refractivity contribution in [2.45, 2.75) is 0 Å². The Morgan fingerprint density at radius 3 is 0.357 bits per heavy atom. The zero-order chi connectivity index (χ0) is 10.8. The van der Waals surface area contributed by atoms with Crippen LogP contribution < -0.4 is 0 Å². The molecule has 0 fully saturated rings. The van der Waals surface area contributed by atoms with Crippen LogP contribution in [0.1, 0.15) is 0 Å². The molecular weight excluding hydrogens is 423 g/mol. The van der Waals surface area contributed by atoms with Crippen LogP contribution in [0.15, 0.2) is 0 Å². The van der Waals surface area contributed by atoms with E-state index in [1.165, 1.54) is 19.6 Å². The fourth-order valence-corrected chi connectivity index (χ4v) is 0. The molecule has 0 heterocycles. The molecule has 0 saturated carbocycles. The van der Waals surface area contributed by atoms with Gasteiger partial charge in [-0.05, 0) is 0 Å². The van der Waals surface area contributed by atoms with Gasteiger partial charge < -0.3 is 44.2 Å². The summed E-state index contributed by atoms with van der Waals surface area (Å²) in [5, 5.41) is 0. The molecule has 0 aliphatic heterocycles. The molecule has 0 atom stereocenters. The predicted octanol–water partition coefficient (Wildman–Crippen LogP) is 1.63. The van der Waals surface area contributed by atoms with Gasteiger partial charge in [0.1, 0.15) is 0 Å². The Bertz CT molecular complexity index is 140. The van der Waals surface area contributed by atoms with Crippen molar-refractivity contribution in [2.75, 3.05) is 0 Å². The number of hydrogen-bond acceptors (Lipinski definition) is 0. The van der Waals surface area contributed by atoms with E-state index < -0.39 is 0 Å². The van der Waals surface area contributed by atoms with Crippen LogP contribution in [-0.4, -0.2) is 47.3 Å². The van der Waals surface area contributed by atoms with Crippen LogP contribution >= 0.6 is 0 Å². The van der Waals surface area contributed by atoms with Crippen molar-refractivity contribution in [1.29, 1.82) is 0 Å². The Morgan fingerprint density at radius 1 is 0.357 bits per heavy atom. The second-order valence-electron chi connectivity index (χ2n) is 0.358. The molecule has 0 aromatic carbocycles. The zero-order valence-electron chi connectivity index (χ0n) is 6.37. The van der Waals surface area contributed by atoms with Gasteiger partial charge in [-0.25, -0.2) is 0 Å². The van der Waals surface area contributed by atoms with Gasteiger partial charge in [-0.3, -0.25) is 19.6 Å². The number of nitrogens with zero attached hydrogens (tertiary/aromatic N) is 12. The van der Waals surface area contributed by atoms with Crippen LogP contribution in [0.4, 0.5) is 0 Å². The van der Waals surface area contributed by atoms with E-state index in [2.05, 4.69) is 0 Å². The molecule has 0 aliphatic carbocycles. The van der Waals surface area contributed by atoms with E-state index >= 15 is 0 Å². The molecule has 0 saturated heterocycles. The fourth-order valence-electron chi connectivity index (χ4n) is 0. The molecule has 14 heteroatoms. The zero-order valence-corrected chi connectivity index (χ0v) is 12.1. The molecular formula is H4N12Te2. The Kier molecular flexibility index (Phi) is 479. The molecule has 0 aromatic rings. The molecule has 0 spiro atoms. The first kappa shape index (κ1) is 38.5. The first-order chi connectivity index (χ1) is 5.66. The first-order valence-electron chi connectivity index (χ1n) is 1.60. The summed E-state index contributed by atoms with van der Waals surface area (Å²) in [6.07, 6.45) is 0. The fraction of sp³-hybridized carbons (Fsp3) is 0. The third kappa shape index (κ3) is 748. The predicted molar refractivity (Wildman–Crippen MR) is 57.4 cm³/mol. The van der Waals surface area contributed by atoms with E-state index in [0.29, 0.717) is 0 Å². The van der Waals surface area contributed by atoms with Crippen LogP contribution in [0.5, 0.6) is 0 Å². The molecule has 0 bridgehead atoms. The van der Waals surface area contributed by atoms with E-state index in [-0.39, 0.29) is 47.3 Å². The standard InChI is InChI=1S/4N3.2H2Te/c4*1-3-2;;/h;;;;2*1H2/q4*-1;2*+2. The summed E-state index contributed by atoms with van der Waals surface area (Å²) >= 11 is 0. The normalized spacial score (nSPS) is 2.29. The van der Waals surface area contributed by atoms with E-state index in [4.69, 9.17) is 44.2 Å². The van der Waals surface area contributed by atoms with Gasteiger partial charge in [-0.2, -0.15) is 0 Å². The molecule has 0 amide bonds. The van der Waals surface area contributed by atoms with Gasteiger partial charge in [-0.15, -0.1) is 0 Å². The topological polar surface area (TPSA) is 235 Å². The summed E-state index contributed by atoms with van der Waals surface area (Å²) < 4.78 is 0. The van der Waals surface area contributed by atoms with Crippen molar-refractivity contribution in [1.82, 2.24) is 0 Å². The van der Waals surface area contributed by atoms with Crippen LogP contribution in [0, 0.1) is 0 Å². The third-order valence-corrected chi connectivity index (χ3v) is 0. The molecule has 0 aromatic heterocycles. The van der Waals surface area contributed by atoms with Crippen molar-refractivity contribution >= 4 is 47.3 Å². The van der Waals surface area contributed by atoms with Gasteiger partial charge >= 0.3 is 47.3 Å². The van der Waals surface area contributed by atoms with Gasteiger partial charge in [-0.1, -0.05) is 0 Å². The van der Waals surface area contributed by atoms with E-state index in [1.807, 2.05) is 0 Å². The number of hydrogen-bond donors (Lipinski definition) is 0. The van der Waals surface area contributed by atoms with Gasteiger partial charge in [0.05, 0.1) is 0 Å². The Hall–Kier alpha value is -1.18. The first-order valence-corrected chi connectivity index (χ1v) is 1.60. The summed E-state index contributed by atoms with van der Waals surface area (Å²) in [4.78, 5) is 6.00. The maximum atomic E-state index is 6.75. The molecule has 14 heavy (non-hydrogen) atoms. The minimum absolute atomic E-state index is 0. The van der Waals surface area contributed by atoms with Crippen LogP contribution in [0.25, 0.3) is 63.9 Å². The summed E-state index contributed by atoms with van der Waals surface area (Å²) in [7, 11) is 0. The van der Waals surface area contributed by atoms with E-state index in [0.717, 1.165) is 0 Å². The van der Waals surface area contributed by atoms with Gasteiger partial charge in [0, 0.05) is 0 Å². The molecule has 12 nitrogen and oxygen atoms in total. The summed E-state index contributed by atoms with van der Waals surface area (Å²) in [5.41, 5.74) is 54.0. The van der Waals surface area contributed by atoms with Crippen molar-refractivity contribution in [3.8, 4) is 0 Å². The molecule has 0 aliphatic rings. The Morgan fingerprint density at radius 2 is 0.357 bits per heavy atom. The third-order valence-electron chi connectivity index (χ3n) is 0. The monoisotopic (exact) mass is 432 g/mol. The second-order valence-corrected chi connectivity index (χ2v) is 0.358. The van der Waals surface area contributed by atoms with Crippen molar-refractivity contribution in [3.63, 3.8) is 0 Å². The molecule has 0 N–H and O–H groups in total. The average molecular weight is 427 g/mol. The average Bonchev–Trinajstić information content (AvgIpc) is 1.92. The van der Waals surface area contributed by atoms with Crippen molar-refractivity contribution in [3.05, 3.63) is 63.9 Å². The molecule has 76 valence electrons.